The van der Waals surface area contributed by atoms with Gasteiger partial charge in [-0.15, -0.1) is 0 Å². The molecule has 182 valence electrons. The summed E-state index contributed by atoms with van der Waals surface area (Å²) in [6, 6.07) is 2.10. The van der Waals surface area contributed by atoms with Crippen LogP contribution in [0, 0.1) is 29.1 Å². The lowest BCUT2D eigenvalue weighted by Crippen LogP contribution is -2.51. The Balaban J connectivity index is 1.38. The molecule has 0 aromatic rings. The van der Waals surface area contributed by atoms with Gasteiger partial charge in [-0.05, 0) is 63.2 Å². The normalized spacial score (nSPS) is 35.6. The van der Waals surface area contributed by atoms with E-state index in [9.17, 15) is 10.1 Å². The smallest absolute Gasteiger partial charge is 0.431 e. The molecule has 2 aliphatic carbocycles. The predicted molar refractivity (Wildman–Crippen MR) is 122 cm³/mol. The fraction of sp³-hybridized carbons (Fsp3) is 0.923. The van der Waals surface area contributed by atoms with E-state index in [4.69, 9.17) is 18.9 Å². The van der Waals surface area contributed by atoms with Gasteiger partial charge in [0.25, 0.3) is 0 Å². The molecule has 0 N–H and O–H groups in total. The highest BCUT2D eigenvalue weighted by Gasteiger charge is 2.44. The van der Waals surface area contributed by atoms with E-state index in [0.29, 0.717) is 5.92 Å². The van der Waals surface area contributed by atoms with Gasteiger partial charge in [0.05, 0.1) is 0 Å². The number of hydrogen-bond acceptors (Lipinski definition) is 6. The summed E-state index contributed by atoms with van der Waals surface area (Å²) < 4.78 is 22.8. The maximum atomic E-state index is 12.4. The van der Waals surface area contributed by atoms with Gasteiger partial charge in [-0.3, -0.25) is 0 Å². The van der Waals surface area contributed by atoms with Crippen LogP contribution in [0.4, 0.5) is 4.79 Å². The Morgan fingerprint density at radius 3 is 1.94 bits per heavy atom. The number of carbonyl (C=O) groups is 1. The SMILES string of the molecule is CCCCC1CCC(OC(=O)OC2(C#N)COC(C3CCC(CCCC)CC3)OC2)CC1. The number of hydrogen-bond donors (Lipinski definition) is 0. The lowest BCUT2D eigenvalue weighted by molar-refractivity contribution is -0.261. The lowest BCUT2D eigenvalue weighted by Gasteiger charge is -2.39. The number of nitriles is 1. The van der Waals surface area contributed by atoms with Crippen LogP contribution in [0.2, 0.25) is 0 Å². The summed E-state index contributed by atoms with van der Waals surface area (Å²) in [7, 11) is 0. The van der Waals surface area contributed by atoms with E-state index in [0.717, 1.165) is 50.4 Å². The van der Waals surface area contributed by atoms with Crippen molar-refractivity contribution < 1.29 is 23.7 Å². The van der Waals surface area contributed by atoms with Crippen LogP contribution in [-0.4, -0.2) is 37.4 Å². The minimum atomic E-state index is -1.41. The minimum Gasteiger partial charge on any atom is -0.431 e. The summed E-state index contributed by atoms with van der Waals surface area (Å²) in [6.07, 6.45) is 15.0. The summed E-state index contributed by atoms with van der Waals surface area (Å²) in [5, 5.41) is 9.68. The molecule has 2 saturated carbocycles. The van der Waals surface area contributed by atoms with Crippen LogP contribution in [-0.2, 0) is 18.9 Å². The average molecular weight is 450 g/mol. The van der Waals surface area contributed by atoms with Crippen molar-refractivity contribution in [1.29, 1.82) is 5.26 Å². The van der Waals surface area contributed by atoms with Crippen molar-refractivity contribution in [3.63, 3.8) is 0 Å². The zero-order chi connectivity index (χ0) is 22.8. The highest BCUT2D eigenvalue weighted by molar-refractivity contribution is 5.61. The molecule has 3 fully saturated rings. The summed E-state index contributed by atoms with van der Waals surface area (Å²) in [4.78, 5) is 12.4. The van der Waals surface area contributed by atoms with Crippen LogP contribution < -0.4 is 0 Å². The van der Waals surface area contributed by atoms with Crippen molar-refractivity contribution in [1.82, 2.24) is 0 Å². The molecule has 1 aliphatic heterocycles. The number of nitrogens with zero attached hydrogens (tertiary/aromatic N) is 1. The predicted octanol–water partition coefficient (Wildman–Crippen LogP) is 6.52. The van der Waals surface area contributed by atoms with Gasteiger partial charge < -0.3 is 18.9 Å². The fourth-order valence-corrected chi connectivity index (χ4v) is 5.53. The number of carbonyl (C=O) groups excluding carboxylic acids is 1. The number of unbranched alkanes of at least 4 members (excludes halogenated alkanes) is 2. The van der Waals surface area contributed by atoms with Crippen molar-refractivity contribution in [2.24, 2.45) is 17.8 Å². The zero-order valence-corrected chi connectivity index (χ0v) is 20.2. The van der Waals surface area contributed by atoms with E-state index in [1.165, 1.54) is 51.4 Å². The molecule has 0 amide bonds. The van der Waals surface area contributed by atoms with Crippen molar-refractivity contribution in [3.8, 4) is 6.07 Å². The van der Waals surface area contributed by atoms with Crippen molar-refractivity contribution in [3.05, 3.63) is 0 Å². The minimum absolute atomic E-state index is 0.0444. The molecule has 0 aromatic heterocycles. The van der Waals surface area contributed by atoms with Gasteiger partial charge in [0.1, 0.15) is 25.4 Å². The third kappa shape index (κ3) is 7.35. The first-order valence-electron chi connectivity index (χ1n) is 13.1. The molecule has 0 radical (unpaired) electrons. The fourth-order valence-electron chi connectivity index (χ4n) is 5.53. The quantitative estimate of drug-likeness (QED) is 0.373. The van der Waals surface area contributed by atoms with Crippen LogP contribution in [0.15, 0.2) is 0 Å². The Morgan fingerprint density at radius 2 is 1.44 bits per heavy atom. The van der Waals surface area contributed by atoms with Gasteiger partial charge in [-0.1, -0.05) is 52.4 Å². The first kappa shape index (κ1) is 25.3. The molecule has 0 aromatic carbocycles. The van der Waals surface area contributed by atoms with Crippen molar-refractivity contribution in [2.75, 3.05) is 13.2 Å². The van der Waals surface area contributed by atoms with Gasteiger partial charge in [0, 0.05) is 5.92 Å². The molecule has 0 atom stereocenters. The van der Waals surface area contributed by atoms with Gasteiger partial charge in [0.2, 0.25) is 5.60 Å². The third-order valence-electron chi connectivity index (χ3n) is 7.71. The van der Waals surface area contributed by atoms with E-state index in [1.807, 2.05) is 0 Å². The van der Waals surface area contributed by atoms with Crippen LogP contribution in [0.5, 0.6) is 0 Å². The summed E-state index contributed by atoms with van der Waals surface area (Å²) in [6.45, 7) is 4.55. The van der Waals surface area contributed by atoms with Gasteiger partial charge in [-0.2, -0.15) is 5.26 Å². The summed E-state index contributed by atoms with van der Waals surface area (Å²) in [5.74, 6) is 1.93. The van der Waals surface area contributed by atoms with Gasteiger partial charge >= 0.3 is 6.16 Å². The second-order valence-corrected chi connectivity index (χ2v) is 10.3. The third-order valence-corrected chi connectivity index (χ3v) is 7.71. The highest BCUT2D eigenvalue weighted by atomic mass is 16.8. The Labute approximate surface area is 194 Å². The monoisotopic (exact) mass is 449 g/mol. The second kappa shape index (κ2) is 12.8. The topological polar surface area (TPSA) is 77.8 Å². The molecular formula is C26H43NO5. The molecule has 1 heterocycles. The van der Waals surface area contributed by atoms with E-state index in [-0.39, 0.29) is 25.6 Å². The van der Waals surface area contributed by atoms with Gasteiger partial charge in [-0.25, -0.2) is 4.79 Å². The average Bonchev–Trinajstić information content (AvgIpc) is 2.83. The molecule has 3 rings (SSSR count). The molecular weight excluding hydrogens is 406 g/mol. The molecule has 32 heavy (non-hydrogen) atoms. The van der Waals surface area contributed by atoms with Gasteiger partial charge in [0.15, 0.2) is 6.29 Å². The van der Waals surface area contributed by atoms with Crippen molar-refractivity contribution >= 4 is 6.16 Å². The van der Waals surface area contributed by atoms with Crippen LogP contribution in [0.25, 0.3) is 0 Å². The van der Waals surface area contributed by atoms with E-state index in [2.05, 4.69) is 19.9 Å². The largest absolute Gasteiger partial charge is 0.510 e. The van der Waals surface area contributed by atoms with Crippen LogP contribution in [0.1, 0.15) is 104 Å². The Hall–Kier alpha value is -1.32. The number of rotatable bonds is 9. The molecule has 3 aliphatic rings. The maximum absolute atomic E-state index is 12.4. The summed E-state index contributed by atoms with van der Waals surface area (Å²) >= 11 is 0. The number of ether oxygens (including phenoxy) is 4. The Morgan fingerprint density at radius 1 is 0.906 bits per heavy atom. The first-order valence-corrected chi connectivity index (χ1v) is 13.1. The molecule has 0 unspecified atom stereocenters. The molecule has 6 nitrogen and oxygen atoms in total. The zero-order valence-electron chi connectivity index (χ0n) is 20.2. The van der Waals surface area contributed by atoms with Crippen molar-refractivity contribution in [2.45, 2.75) is 122 Å². The standard InChI is InChI=1S/C26H43NO5/c1-3-5-7-20-9-13-22(14-10-20)24-29-18-26(17-27,19-30-24)32-25(28)31-23-15-11-21(12-16-23)8-6-4-2/h20-24H,3-16,18-19H2,1-2H3. The molecule has 1 saturated heterocycles. The second-order valence-electron chi connectivity index (χ2n) is 10.3. The Bertz CT molecular complexity index is 594. The first-order chi connectivity index (χ1) is 15.6. The highest BCUT2D eigenvalue weighted by Crippen LogP contribution is 2.37. The molecule has 0 bridgehead atoms. The molecule has 0 spiro atoms. The van der Waals surface area contributed by atoms with E-state index < -0.39 is 11.8 Å². The van der Waals surface area contributed by atoms with E-state index >= 15 is 0 Å². The lowest BCUT2D eigenvalue weighted by atomic mass is 9.79. The summed E-state index contributed by atoms with van der Waals surface area (Å²) in [5.41, 5.74) is -1.41. The van der Waals surface area contributed by atoms with Crippen LogP contribution in [0.3, 0.4) is 0 Å². The maximum Gasteiger partial charge on any atom is 0.510 e. The van der Waals surface area contributed by atoms with Crippen LogP contribution >= 0.6 is 0 Å². The Kier molecular flexibility index (Phi) is 10.1. The molecule has 6 heteroatoms. The van der Waals surface area contributed by atoms with E-state index in [1.54, 1.807) is 0 Å².